The van der Waals surface area contributed by atoms with Crippen molar-refractivity contribution in [1.82, 2.24) is 0 Å². The minimum Gasteiger partial charge on any atom is -0.493 e. The molecule has 0 bridgehead atoms. The highest BCUT2D eigenvalue weighted by atomic mass is 79.9. The summed E-state index contributed by atoms with van der Waals surface area (Å²) in [5, 5.41) is 0.619. The maximum Gasteiger partial charge on any atom is 0.343 e. The minimum atomic E-state index is -0.412. The molecule has 1 aliphatic rings. The van der Waals surface area contributed by atoms with Gasteiger partial charge in [0.2, 0.25) is 0 Å². The molecule has 0 N–H and O–H groups in total. The lowest BCUT2D eigenvalue weighted by Crippen LogP contribution is -2.02. The van der Waals surface area contributed by atoms with Gasteiger partial charge in [0.05, 0.1) is 12.7 Å². The smallest absolute Gasteiger partial charge is 0.343 e. The Hall–Kier alpha value is -3.28. The van der Waals surface area contributed by atoms with Gasteiger partial charge in [0.15, 0.2) is 11.5 Å². The van der Waals surface area contributed by atoms with Crippen molar-refractivity contribution in [2.45, 2.75) is 13.0 Å². The van der Waals surface area contributed by atoms with E-state index in [9.17, 15) is 4.79 Å². The summed E-state index contributed by atoms with van der Waals surface area (Å²) in [5.41, 5.74) is 3.97. The van der Waals surface area contributed by atoms with E-state index in [1.54, 1.807) is 37.5 Å². The van der Waals surface area contributed by atoms with Gasteiger partial charge >= 0.3 is 5.97 Å². The fraction of sp³-hybridized carbons (Fsp3) is 0.107. The molecule has 172 valence electrons. The molecule has 0 spiro atoms. The van der Waals surface area contributed by atoms with Crippen LogP contribution in [0.25, 0.3) is 11.8 Å². The molecule has 0 fully saturated rings. The second-order valence-corrected chi connectivity index (χ2v) is 8.98. The number of benzene rings is 3. The fourth-order valence-corrected chi connectivity index (χ4v) is 3.94. The zero-order valence-electron chi connectivity index (χ0n) is 18.5. The fourth-order valence-electron chi connectivity index (χ4n) is 3.55. The number of allylic oxidation sites excluding steroid dienone is 1. The minimum absolute atomic E-state index is 0.397. The topological polar surface area (TPSA) is 44.8 Å². The van der Waals surface area contributed by atoms with Gasteiger partial charge in [0.1, 0.15) is 12.4 Å². The summed E-state index contributed by atoms with van der Waals surface area (Å²) in [6, 6.07) is 18.9. The van der Waals surface area contributed by atoms with E-state index >= 15 is 0 Å². The van der Waals surface area contributed by atoms with Gasteiger partial charge in [0.25, 0.3) is 0 Å². The Balaban J connectivity index is 1.64. The zero-order valence-corrected chi connectivity index (χ0v) is 20.9. The Morgan fingerprint density at radius 3 is 2.50 bits per heavy atom. The molecule has 0 amide bonds. The van der Waals surface area contributed by atoms with E-state index in [1.807, 2.05) is 48.5 Å². The number of halogens is 2. The predicted octanol–water partition coefficient (Wildman–Crippen LogP) is 7.40. The maximum absolute atomic E-state index is 12.5. The average molecular weight is 538 g/mol. The first kappa shape index (κ1) is 23.9. The Bertz CT molecular complexity index is 1280. The third kappa shape index (κ3) is 5.61. The molecule has 0 unspecified atom stereocenters. The van der Waals surface area contributed by atoms with Gasteiger partial charge < -0.3 is 14.2 Å². The number of carbonyl (C=O) groups excluding carboxylic acids is 1. The number of cyclic esters (lactones) is 1. The number of carbonyl (C=O) groups is 1. The van der Waals surface area contributed by atoms with E-state index in [0.29, 0.717) is 40.9 Å². The lowest BCUT2D eigenvalue weighted by Gasteiger charge is -2.16. The molecular weight excluding hydrogens is 516 g/mol. The summed E-state index contributed by atoms with van der Waals surface area (Å²) in [4.78, 5) is 12.5. The average Bonchev–Trinajstić information content (AvgIpc) is 3.19. The van der Waals surface area contributed by atoms with E-state index in [0.717, 1.165) is 26.7 Å². The van der Waals surface area contributed by atoms with E-state index in [-0.39, 0.29) is 0 Å². The summed E-state index contributed by atoms with van der Waals surface area (Å²) in [5.74, 6) is 1.31. The predicted molar refractivity (Wildman–Crippen MR) is 139 cm³/mol. The molecule has 0 saturated carbocycles. The van der Waals surface area contributed by atoms with Gasteiger partial charge in [-0.25, -0.2) is 4.79 Å². The molecule has 0 saturated heterocycles. The second-order valence-electron chi connectivity index (χ2n) is 7.62. The Kier molecular flexibility index (Phi) is 7.56. The first-order chi connectivity index (χ1) is 16.5. The van der Waals surface area contributed by atoms with Crippen LogP contribution in [-0.2, 0) is 22.6 Å². The largest absolute Gasteiger partial charge is 0.493 e. The van der Waals surface area contributed by atoms with Gasteiger partial charge in [-0.3, -0.25) is 0 Å². The van der Waals surface area contributed by atoms with E-state index < -0.39 is 5.97 Å². The van der Waals surface area contributed by atoms with Crippen LogP contribution in [0.5, 0.6) is 11.5 Å². The van der Waals surface area contributed by atoms with Gasteiger partial charge in [-0.15, -0.1) is 6.58 Å². The van der Waals surface area contributed by atoms with Crippen molar-refractivity contribution in [1.29, 1.82) is 0 Å². The summed E-state index contributed by atoms with van der Waals surface area (Å²) in [6.45, 7) is 4.26. The Labute approximate surface area is 212 Å². The first-order valence-electron chi connectivity index (χ1n) is 10.6. The van der Waals surface area contributed by atoms with Crippen LogP contribution >= 0.6 is 27.5 Å². The molecule has 0 radical (unpaired) electrons. The van der Waals surface area contributed by atoms with Crippen molar-refractivity contribution >= 4 is 45.3 Å². The third-order valence-corrected chi connectivity index (χ3v) is 5.99. The highest BCUT2D eigenvalue weighted by Crippen LogP contribution is 2.36. The lowest BCUT2D eigenvalue weighted by atomic mass is 10.0. The van der Waals surface area contributed by atoms with Crippen LogP contribution in [0.1, 0.15) is 22.3 Å². The van der Waals surface area contributed by atoms with Crippen LogP contribution < -0.4 is 9.47 Å². The summed E-state index contributed by atoms with van der Waals surface area (Å²) in [7, 11) is 1.60. The molecule has 4 nitrogen and oxygen atoms in total. The monoisotopic (exact) mass is 536 g/mol. The van der Waals surface area contributed by atoms with E-state index in [2.05, 4.69) is 22.5 Å². The number of hydrogen-bond donors (Lipinski definition) is 0. The molecule has 1 heterocycles. The Morgan fingerprint density at radius 2 is 1.82 bits per heavy atom. The number of ether oxygens (including phenoxy) is 3. The van der Waals surface area contributed by atoms with Crippen LogP contribution in [0.3, 0.4) is 0 Å². The highest BCUT2D eigenvalue weighted by Gasteiger charge is 2.22. The lowest BCUT2D eigenvalue weighted by molar-refractivity contribution is -0.130. The molecule has 3 aromatic carbocycles. The van der Waals surface area contributed by atoms with Gasteiger partial charge in [0, 0.05) is 20.6 Å². The second kappa shape index (κ2) is 10.8. The summed E-state index contributed by atoms with van der Waals surface area (Å²) in [6.07, 6.45) is 5.89. The molecule has 1 aliphatic heterocycles. The van der Waals surface area contributed by atoms with Gasteiger partial charge in [-0.05, 0) is 78.2 Å². The number of methoxy groups -OCH3 is 1. The maximum atomic E-state index is 12.5. The Morgan fingerprint density at radius 1 is 1.09 bits per heavy atom. The normalized spacial score (nSPS) is 14.0. The first-order valence-corrected chi connectivity index (χ1v) is 11.7. The third-order valence-electron chi connectivity index (χ3n) is 5.21. The van der Waals surface area contributed by atoms with E-state index in [1.165, 1.54) is 0 Å². The van der Waals surface area contributed by atoms with Crippen molar-refractivity contribution in [3.63, 3.8) is 0 Å². The number of rotatable bonds is 8. The van der Waals surface area contributed by atoms with Crippen LogP contribution in [0.15, 0.2) is 89.4 Å². The van der Waals surface area contributed by atoms with Crippen molar-refractivity contribution in [3.05, 3.63) is 117 Å². The van der Waals surface area contributed by atoms with Crippen LogP contribution in [-0.4, -0.2) is 13.1 Å². The molecule has 3 aromatic rings. The number of esters is 1. The van der Waals surface area contributed by atoms with E-state index in [4.69, 9.17) is 25.8 Å². The number of hydrogen-bond acceptors (Lipinski definition) is 4. The zero-order chi connectivity index (χ0) is 24.1. The molecule has 0 aliphatic carbocycles. The van der Waals surface area contributed by atoms with Crippen molar-refractivity contribution < 1.29 is 19.0 Å². The quantitative estimate of drug-likeness (QED) is 0.171. The van der Waals surface area contributed by atoms with Gasteiger partial charge in [-0.2, -0.15) is 0 Å². The molecule has 6 heteroatoms. The van der Waals surface area contributed by atoms with Crippen molar-refractivity contribution in [2.75, 3.05) is 7.11 Å². The van der Waals surface area contributed by atoms with Crippen LogP contribution in [0.4, 0.5) is 0 Å². The van der Waals surface area contributed by atoms with Crippen molar-refractivity contribution in [3.8, 4) is 11.5 Å². The molecular formula is C28H22BrClO4. The highest BCUT2D eigenvalue weighted by molar-refractivity contribution is 9.10. The SMILES string of the molecule is C=CCc1cc(/C=C2\C=C(c3ccc(Cl)cc3)OC2=O)cc(OC)c1OCc1ccc(Br)cc1. The van der Waals surface area contributed by atoms with Crippen molar-refractivity contribution in [2.24, 2.45) is 0 Å². The molecule has 34 heavy (non-hydrogen) atoms. The summed E-state index contributed by atoms with van der Waals surface area (Å²) >= 11 is 9.40. The molecule has 0 atom stereocenters. The van der Waals surface area contributed by atoms with Gasteiger partial charge in [-0.1, -0.05) is 45.7 Å². The molecule has 4 rings (SSSR count). The standard InChI is InChI=1S/C28H22BrClO4/c1-3-4-21-13-19(14-22-16-25(34-28(22)31)20-7-11-24(30)12-8-20)15-26(32-2)27(21)33-17-18-5-9-23(29)10-6-18/h3,5-16H,1,4,17H2,2H3/b22-14+. The van der Waals surface area contributed by atoms with Crippen LogP contribution in [0.2, 0.25) is 5.02 Å². The summed E-state index contributed by atoms with van der Waals surface area (Å²) < 4.78 is 18.3. The molecule has 0 aromatic heterocycles. The van der Waals surface area contributed by atoms with Crippen LogP contribution in [0, 0.1) is 0 Å².